The number of carbonyl (C=O) groups excluding carboxylic acids is 4. The molecule has 0 saturated carbocycles. The third-order valence-electron chi connectivity index (χ3n) is 4.40. The van der Waals surface area contributed by atoms with E-state index in [1.165, 1.54) is 48.5 Å². The lowest BCUT2D eigenvalue weighted by atomic mass is 10.2. The Kier molecular flexibility index (Phi) is 10.2. The molecule has 0 aliphatic rings. The van der Waals surface area contributed by atoms with Crippen LogP contribution in [0.25, 0.3) is 0 Å². The molecule has 11 nitrogen and oxygen atoms in total. The smallest absolute Gasteiger partial charge is 0.338 e. The quantitative estimate of drug-likeness (QED) is 0.206. The van der Waals surface area contributed by atoms with Crippen LogP contribution in [0, 0.1) is 10.1 Å². The summed E-state index contributed by atoms with van der Waals surface area (Å²) in [6.07, 6.45) is 1.19. The monoisotopic (exact) mass is 471 g/mol. The van der Waals surface area contributed by atoms with Crippen LogP contribution in [0.4, 0.5) is 17.1 Å². The van der Waals surface area contributed by atoms with Crippen molar-refractivity contribution in [3.63, 3.8) is 0 Å². The molecular weight excluding hydrogens is 446 g/mol. The first kappa shape index (κ1) is 26.0. The van der Waals surface area contributed by atoms with Crippen LogP contribution in [-0.2, 0) is 23.9 Å². The highest BCUT2D eigenvalue weighted by Crippen LogP contribution is 2.17. The van der Waals surface area contributed by atoms with E-state index in [0.29, 0.717) is 17.9 Å². The molecule has 2 amide bonds. The van der Waals surface area contributed by atoms with Crippen molar-refractivity contribution in [2.24, 2.45) is 0 Å². The summed E-state index contributed by atoms with van der Waals surface area (Å²) in [5.41, 5.74) is 0.809. The van der Waals surface area contributed by atoms with E-state index in [2.05, 4.69) is 10.6 Å². The first-order valence-electron chi connectivity index (χ1n) is 10.6. The van der Waals surface area contributed by atoms with Gasteiger partial charge >= 0.3 is 11.9 Å². The Bertz CT molecular complexity index is 1040. The highest BCUT2D eigenvalue weighted by atomic mass is 16.6. The number of nitrogens with zero attached hydrogens (tertiary/aromatic N) is 1. The molecule has 0 aromatic heterocycles. The number of non-ortho nitro benzene ring substituents is 1. The van der Waals surface area contributed by atoms with E-state index in [0.717, 1.165) is 12.8 Å². The lowest BCUT2D eigenvalue weighted by molar-refractivity contribution is -0.384. The highest BCUT2D eigenvalue weighted by molar-refractivity contribution is 5.95. The molecule has 0 unspecified atom stereocenters. The Morgan fingerprint density at radius 2 is 1.62 bits per heavy atom. The molecule has 2 rings (SSSR count). The van der Waals surface area contributed by atoms with Gasteiger partial charge in [0.25, 0.3) is 11.6 Å². The van der Waals surface area contributed by atoms with Gasteiger partial charge in [0, 0.05) is 29.9 Å². The van der Waals surface area contributed by atoms with E-state index >= 15 is 0 Å². The van der Waals surface area contributed by atoms with Crippen LogP contribution in [-0.4, -0.2) is 41.9 Å². The van der Waals surface area contributed by atoms with Gasteiger partial charge in [-0.3, -0.25) is 24.5 Å². The Hall–Kier alpha value is -4.28. The Balaban J connectivity index is 1.70. The maximum absolute atomic E-state index is 12.0. The Labute approximate surface area is 195 Å². The summed E-state index contributed by atoms with van der Waals surface area (Å²) < 4.78 is 9.95. The highest BCUT2D eigenvalue weighted by Gasteiger charge is 2.13. The number of esters is 2. The third-order valence-corrected chi connectivity index (χ3v) is 4.40. The topological polar surface area (TPSA) is 154 Å². The molecule has 0 aliphatic heterocycles. The van der Waals surface area contributed by atoms with Crippen molar-refractivity contribution >= 4 is 40.8 Å². The predicted molar refractivity (Wildman–Crippen MR) is 122 cm³/mol. The number of amides is 2. The fraction of sp³-hybridized carbons (Fsp3) is 0.304. The summed E-state index contributed by atoms with van der Waals surface area (Å²) in [6.45, 7) is 1.78. The van der Waals surface area contributed by atoms with Crippen LogP contribution in [0.3, 0.4) is 0 Å². The van der Waals surface area contributed by atoms with Crippen LogP contribution >= 0.6 is 0 Å². The van der Waals surface area contributed by atoms with Gasteiger partial charge in [0.15, 0.2) is 6.61 Å². The minimum absolute atomic E-state index is 0.176. The molecule has 0 heterocycles. The molecule has 0 aliphatic carbocycles. The van der Waals surface area contributed by atoms with Crippen molar-refractivity contribution in [2.75, 3.05) is 23.8 Å². The van der Waals surface area contributed by atoms with Crippen molar-refractivity contribution in [1.82, 2.24) is 0 Å². The van der Waals surface area contributed by atoms with Crippen LogP contribution in [0.5, 0.6) is 0 Å². The van der Waals surface area contributed by atoms with Crippen LogP contribution in [0.15, 0.2) is 48.5 Å². The molecule has 34 heavy (non-hydrogen) atoms. The zero-order valence-corrected chi connectivity index (χ0v) is 18.6. The molecule has 11 heteroatoms. The van der Waals surface area contributed by atoms with Crippen molar-refractivity contribution in [3.05, 3.63) is 64.2 Å². The summed E-state index contributed by atoms with van der Waals surface area (Å²) in [5, 5.41) is 15.7. The standard InChI is InChI=1S/C23H25N3O8/c1-2-3-13-33-23(30)16-7-9-17(10-8-16)24-21(28)15-34-22(29)12-11-20(27)25-18-5-4-6-19(14-18)26(31)32/h4-10,14H,2-3,11-13,15H2,1H3,(H,24,28)(H,25,27). The van der Waals surface area contributed by atoms with Gasteiger partial charge in [0.2, 0.25) is 5.91 Å². The number of nitro benzene ring substituents is 1. The normalized spacial score (nSPS) is 10.1. The zero-order valence-electron chi connectivity index (χ0n) is 18.6. The van der Waals surface area contributed by atoms with Gasteiger partial charge in [-0.1, -0.05) is 19.4 Å². The molecule has 0 fully saturated rings. The van der Waals surface area contributed by atoms with Crippen molar-refractivity contribution in [3.8, 4) is 0 Å². The average molecular weight is 471 g/mol. The number of carbonyl (C=O) groups is 4. The number of unbranched alkanes of at least 4 members (excludes halogenated alkanes) is 1. The fourth-order valence-corrected chi connectivity index (χ4v) is 2.63. The van der Waals surface area contributed by atoms with Crippen molar-refractivity contribution in [2.45, 2.75) is 32.6 Å². The van der Waals surface area contributed by atoms with E-state index in [1.807, 2.05) is 6.92 Å². The van der Waals surface area contributed by atoms with E-state index in [9.17, 15) is 29.3 Å². The van der Waals surface area contributed by atoms with Crippen molar-refractivity contribution < 1.29 is 33.6 Å². The number of ether oxygens (including phenoxy) is 2. The largest absolute Gasteiger partial charge is 0.462 e. The number of anilines is 2. The second-order valence-electron chi connectivity index (χ2n) is 7.13. The second kappa shape index (κ2) is 13.3. The molecule has 2 aromatic carbocycles. The molecule has 0 atom stereocenters. The molecule has 0 radical (unpaired) electrons. The number of hydrogen-bond acceptors (Lipinski definition) is 8. The number of nitrogens with one attached hydrogen (secondary N) is 2. The number of nitro groups is 1. The summed E-state index contributed by atoms with van der Waals surface area (Å²) in [5.74, 6) is -2.33. The van der Waals surface area contributed by atoms with E-state index in [1.54, 1.807) is 0 Å². The van der Waals surface area contributed by atoms with Gasteiger partial charge in [-0.05, 0) is 36.8 Å². The predicted octanol–water partition coefficient (Wildman–Crippen LogP) is 3.45. The van der Waals surface area contributed by atoms with Gasteiger partial charge in [-0.15, -0.1) is 0 Å². The lowest BCUT2D eigenvalue weighted by Crippen LogP contribution is -2.21. The second-order valence-corrected chi connectivity index (χ2v) is 7.13. The number of hydrogen-bond donors (Lipinski definition) is 2. The molecule has 2 N–H and O–H groups in total. The SMILES string of the molecule is CCCCOC(=O)c1ccc(NC(=O)COC(=O)CCC(=O)Nc2cccc([N+](=O)[O-])c2)cc1. The van der Waals surface area contributed by atoms with Crippen LogP contribution in [0.2, 0.25) is 0 Å². The summed E-state index contributed by atoms with van der Waals surface area (Å²) in [4.78, 5) is 57.7. The molecule has 0 spiro atoms. The van der Waals surface area contributed by atoms with Gasteiger partial charge in [0.05, 0.1) is 23.5 Å². The molecular formula is C23H25N3O8. The van der Waals surface area contributed by atoms with Crippen LogP contribution in [0.1, 0.15) is 43.0 Å². The third kappa shape index (κ3) is 9.07. The summed E-state index contributed by atoms with van der Waals surface area (Å²) >= 11 is 0. The van der Waals surface area contributed by atoms with Gasteiger partial charge < -0.3 is 20.1 Å². The van der Waals surface area contributed by atoms with Gasteiger partial charge in [0.1, 0.15) is 0 Å². The minimum atomic E-state index is -0.755. The molecule has 2 aromatic rings. The average Bonchev–Trinajstić information content (AvgIpc) is 2.82. The van der Waals surface area contributed by atoms with Gasteiger partial charge in [-0.25, -0.2) is 4.79 Å². The number of rotatable bonds is 12. The summed E-state index contributed by atoms with van der Waals surface area (Å²) in [7, 11) is 0. The van der Waals surface area contributed by atoms with E-state index in [4.69, 9.17) is 9.47 Å². The Morgan fingerprint density at radius 3 is 2.29 bits per heavy atom. The first-order valence-corrected chi connectivity index (χ1v) is 10.6. The maximum atomic E-state index is 12.0. The number of benzene rings is 2. The molecule has 0 saturated heterocycles. The molecule has 0 bridgehead atoms. The molecule has 180 valence electrons. The van der Waals surface area contributed by atoms with Crippen LogP contribution < -0.4 is 10.6 Å². The minimum Gasteiger partial charge on any atom is -0.462 e. The van der Waals surface area contributed by atoms with E-state index < -0.39 is 35.3 Å². The maximum Gasteiger partial charge on any atom is 0.338 e. The lowest BCUT2D eigenvalue weighted by Gasteiger charge is -2.08. The summed E-state index contributed by atoms with van der Waals surface area (Å²) in [6, 6.07) is 11.5. The Morgan fingerprint density at radius 1 is 0.912 bits per heavy atom. The fourth-order valence-electron chi connectivity index (χ4n) is 2.63. The van der Waals surface area contributed by atoms with Gasteiger partial charge in [-0.2, -0.15) is 0 Å². The van der Waals surface area contributed by atoms with E-state index in [-0.39, 0.29) is 24.2 Å². The van der Waals surface area contributed by atoms with Crippen molar-refractivity contribution in [1.29, 1.82) is 0 Å². The first-order chi connectivity index (χ1) is 16.3. The zero-order chi connectivity index (χ0) is 24.9.